The number of nitrogens with zero attached hydrogens (tertiary/aromatic N) is 2. The number of rotatable bonds is 5. The largest absolute Gasteiger partial charge is 0.372 e. The molecule has 1 amide bonds. The zero-order chi connectivity index (χ0) is 14.4. The van der Waals surface area contributed by atoms with Gasteiger partial charge in [0.05, 0.1) is 0 Å². The molecule has 0 aliphatic carbocycles. The maximum Gasteiger partial charge on any atom is 0.255 e. The van der Waals surface area contributed by atoms with Crippen molar-refractivity contribution in [3.05, 3.63) is 54.4 Å². The maximum absolute atomic E-state index is 12.1. The Hall–Kier alpha value is -2.36. The minimum atomic E-state index is -0.109. The van der Waals surface area contributed by atoms with Gasteiger partial charge in [0.25, 0.3) is 5.91 Å². The number of carbonyl (C=O) groups excluding carboxylic acids is 1. The number of benzene rings is 1. The molecule has 1 heterocycles. The van der Waals surface area contributed by atoms with E-state index in [1.54, 1.807) is 24.5 Å². The zero-order valence-corrected chi connectivity index (χ0v) is 11.8. The Morgan fingerprint density at radius 3 is 2.20 bits per heavy atom. The number of hydrogen-bond donors (Lipinski definition) is 1. The van der Waals surface area contributed by atoms with Crippen LogP contribution in [0.4, 0.5) is 11.4 Å². The second kappa shape index (κ2) is 6.70. The van der Waals surface area contributed by atoms with Gasteiger partial charge in [-0.3, -0.25) is 9.78 Å². The molecular formula is C16H19N3O. The van der Waals surface area contributed by atoms with E-state index in [0.717, 1.165) is 24.5 Å². The number of amides is 1. The van der Waals surface area contributed by atoms with Gasteiger partial charge in [-0.25, -0.2) is 0 Å². The van der Waals surface area contributed by atoms with Crippen LogP contribution in [0.1, 0.15) is 24.2 Å². The van der Waals surface area contributed by atoms with Gasteiger partial charge in [0.1, 0.15) is 0 Å². The number of pyridine rings is 1. The first-order valence-electron chi connectivity index (χ1n) is 6.81. The summed E-state index contributed by atoms with van der Waals surface area (Å²) in [7, 11) is 0. The second-order valence-corrected chi connectivity index (χ2v) is 4.41. The highest BCUT2D eigenvalue weighted by Crippen LogP contribution is 2.16. The highest BCUT2D eigenvalue weighted by atomic mass is 16.1. The first kappa shape index (κ1) is 14.1. The highest BCUT2D eigenvalue weighted by Gasteiger charge is 2.07. The smallest absolute Gasteiger partial charge is 0.255 e. The molecule has 2 rings (SSSR count). The summed E-state index contributed by atoms with van der Waals surface area (Å²) in [6, 6.07) is 11.2. The molecule has 2 aromatic rings. The predicted molar refractivity (Wildman–Crippen MR) is 82.2 cm³/mol. The summed E-state index contributed by atoms with van der Waals surface area (Å²) in [5.74, 6) is -0.109. The predicted octanol–water partition coefficient (Wildman–Crippen LogP) is 3.18. The minimum Gasteiger partial charge on any atom is -0.372 e. The molecule has 0 spiro atoms. The van der Waals surface area contributed by atoms with E-state index < -0.39 is 0 Å². The van der Waals surface area contributed by atoms with E-state index >= 15 is 0 Å². The molecule has 0 aliphatic rings. The molecule has 0 saturated carbocycles. The fraction of sp³-hybridized carbons (Fsp3) is 0.250. The van der Waals surface area contributed by atoms with Crippen molar-refractivity contribution in [2.24, 2.45) is 0 Å². The first-order chi connectivity index (χ1) is 9.74. The average molecular weight is 269 g/mol. The monoisotopic (exact) mass is 269 g/mol. The van der Waals surface area contributed by atoms with Gasteiger partial charge in [0.15, 0.2) is 0 Å². The van der Waals surface area contributed by atoms with Crippen LogP contribution in [0.15, 0.2) is 48.8 Å². The molecule has 0 radical (unpaired) electrons. The molecule has 0 fully saturated rings. The molecule has 4 nitrogen and oxygen atoms in total. The fourth-order valence-electron chi connectivity index (χ4n) is 2.05. The molecular weight excluding hydrogens is 250 g/mol. The SMILES string of the molecule is CCN(CC)c1ccc(C(=O)Nc2ccncc2)cc1. The summed E-state index contributed by atoms with van der Waals surface area (Å²) in [5.41, 5.74) is 2.53. The summed E-state index contributed by atoms with van der Waals surface area (Å²) in [5, 5.41) is 2.84. The van der Waals surface area contributed by atoms with Gasteiger partial charge in [-0.05, 0) is 50.2 Å². The normalized spacial score (nSPS) is 10.1. The van der Waals surface area contributed by atoms with E-state index in [2.05, 4.69) is 29.0 Å². The van der Waals surface area contributed by atoms with Gasteiger partial charge in [-0.15, -0.1) is 0 Å². The van der Waals surface area contributed by atoms with Gasteiger partial charge in [0, 0.05) is 42.4 Å². The lowest BCUT2D eigenvalue weighted by Crippen LogP contribution is -2.21. The third-order valence-corrected chi connectivity index (χ3v) is 3.20. The molecule has 0 bridgehead atoms. The van der Waals surface area contributed by atoms with E-state index in [4.69, 9.17) is 0 Å². The highest BCUT2D eigenvalue weighted by molar-refractivity contribution is 6.04. The van der Waals surface area contributed by atoms with Crippen molar-refractivity contribution in [3.8, 4) is 0 Å². The van der Waals surface area contributed by atoms with Crippen LogP contribution >= 0.6 is 0 Å². The summed E-state index contributed by atoms with van der Waals surface area (Å²) in [4.78, 5) is 18.2. The van der Waals surface area contributed by atoms with Crippen LogP contribution in [-0.4, -0.2) is 24.0 Å². The summed E-state index contributed by atoms with van der Waals surface area (Å²) < 4.78 is 0. The quantitative estimate of drug-likeness (QED) is 0.906. The van der Waals surface area contributed by atoms with E-state index in [-0.39, 0.29) is 5.91 Å². The molecule has 1 aromatic carbocycles. The molecule has 1 aromatic heterocycles. The van der Waals surface area contributed by atoms with Gasteiger partial charge in [-0.1, -0.05) is 0 Å². The van der Waals surface area contributed by atoms with Crippen LogP contribution in [0, 0.1) is 0 Å². The Morgan fingerprint density at radius 1 is 1.05 bits per heavy atom. The molecule has 4 heteroatoms. The number of nitrogens with one attached hydrogen (secondary N) is 1. The molecule has 1 N–H and O–H groups in total. The van der Waals surface area contributed by atoms with Crippen LogP contribution in [0.25, 0.3) is 0 Å². The lowest BCUT2D eigenvalue weighted by atomic mass is 10.1. The standard InChI is InChI=1S/C16H19N3O/c1-3-19(4-2)15-7-5-13(6-8-15)16(20)18-14-9-11-17-12-10-14/h5-12H,3-4H2,1-2H3,(H,17,18,20). The van der Waals surface area contributed by atoms with Gasteiger partial charge in [-0.2, -0.15) is 0 Å². The Labute approximate surface area is 119 Å². The number of aromatic nitrogens is 1. The molecule has 0 aliphatic heterocycles. The number of anilines is 2. The maximum atomic E-state index is 12.1. The number of hydrogen-bond acceptors (Lipinski definition) is 3. The van der Waals surface area contributed by atoms with Gasteiger partial charge >= 0.3 is 0 Å². The van der Waals surface area contributed by atoms with Crippen LogP contribution < -0.4 is 10.2 Å². The van der Waals surface area contributed by atoms with Crippen LogP contribution in [-0.2, 0) is 0 Å². The van der Waals surface area contributed by atoms with Crippen molar-refractivity contribution in [2.45, 2.75) is 13.8 Å². The molecule has 0 saturated heterocycles. The molecule has 104 valence electrons. The van der Waals surface area contributed by atoms with E-state index in [9.17, 15) is 4.79 Å². The lowest BCUT2D eigenvalue weighted by Gasteiger charge is -2.21. The summed E-state index contributed by atoms with van der Waals surface area (Å²) in [6.45, 7) is 6.15. The van der Waals surface area contributed by atoms with Crippen molar-refractivity contribution >= 4 is 17.3 Å². The van der Waals surface area contributed by atoms with Crippen molar-refractivity contribution < 1.29 is 4.79 Å². The molecule has 0 unspecified atom stereocenters. The van der Waals surface area contributed by atoms with Crippen molar-refractivity contribution in [1.29, 1.82) is 0 Å². The van der Waals surface area contributed by atoms with Crippen LogP contribution in [0.5, 0.6) is 0 Å². The minimum absolute atomic E-state index is 0.109. The van der Waals surface area contributed by atoms with E-state index in [1.807, 2.05) is 24.3 Å². The Morgan fingerprint density at radius 2 is 1.65 bits per heavy atom. The third kappa shape index (κ3) is 3.35. The Balaban J connectivity index is 2.08. The number of carbonyl (C=O) groups is 1. The van der Waals surface area contributed by atoms with Gasteiger partial charge in [0.2, 0.25) is 0 Å². The summed E-state index contributed by atoms with van der Waals surface area (Å²) >= 11 is 0. The lowest BCUT2D eigenvalue weighted by molar-refractivity contribution is 0.102. The van der Waals surface area contributed by atoms with Crippen LogP contribution in [0.3, 0.4) is 0 Å². The molecule has 0 atom stereocenters. The van der Waals surface area contributed by atoms with E-state index in [0.29, 0.717) is 5.56 Å². The zero-order valence-electron chi connectivity index (χ0n) is 11.8. The van der Waals surface area contributed by atoms with E-state index in [1.165, 1.54) is 0 Å². The topological polar surface area (TPSA) is 45.2 Å². The fourth-order valence-corrected chi connectivity index (χ4v) is 2.05. The summed E-state index contributed by atoms with van der Waals surface area (Å²) in [6.07, 6.45) is 3.30. The Kier molecular flexibility index (Phi) is 4.71. The average Bonchev–Trinajstić information content (AvgIpc) is 2.50. The van der Waals surface area contributed by atoms with Crippen molar-refractivity contribution in [1.82, 2.24) is 4.98 Å². The van der Waals surface area contributed by atoms with Gasteiger partial charge < -0.3 is 10.2 Å². The molecule has 20 heavy (non-hydrogen) atoms. The van der Waals surface area contributed by atoms with Crippen LogP contribution in [0.2, 0.25) is 0 Å². The second-order valence-electron chi connectivity index (χ2n) is 4.41. The first-order valence-corrected chi connectivity index (χ1v) is 6.81. The Bertz CT molecular complexity index is 548. The van der Waals surface area contributed by atoms with Crippen molar-refractivity contribution in [3.63, 3.8) is 0 Å². The third-order valence-electron chi connectivity index (χ3n) is 3.20. The van der Waals surface area contributed by atoms with Crippen molar-refractivity contribution in [2.75, 3.05) is 23.3 Å².